The normalized spacial score (nSPS) is 19.0. The molecule has 3 rings (SSSR count). The van der Waals surface area contributed by atoms with Gasteiger partial charge in [-0.05, 0) is 12.0 Å². The van der Waals surface area contributed by atoms with Crippen LogP contribution in [-0.4, -0.2) is 20.8 Å². The molecule has 2 aromatic rings. The summed E-state index contributed by atoms with van der Waals surface area (Å²) >= 11 is 0. The highest BCUT2D eigenvalue weighted by molar-refractivity contribution is 5.19. The summed E-state index contributed by atoms with van der Waals surface area (Å²) < 4.78 is 2.00. The molecule has 0 spiro atoms. The van der Waals surface area contributed by atoms with Crippen LogP contribution < -0.4 is 5.73 Å². The first-order chi connectivity index (χ1) is 8.31. The number of nitrogens with two attached hydrogens (primary N) is 1. The van der Waals surface area contributed by atoms with Gasteiger partial charge in [0.25, 0.3) is 0 Å². The monoisotopic (exact) mass is 228 g/mol. The van der Waals surface area contributed by atoms with Gasteiger partial charge < -0.3 is 5.73 Å². The number of fused-ring (bicyclic) bond motifs is 1. The zero-order chi connectivity index (χ0) is 11.7. The first-order valence-corrected chi connectivity index (χ1v) is 6.03. The summed E-state index contributed by atoms with van der Waals surface area (Å²) in [5.74, 6) is 1.94. The van der Waals surface area contributed by atoms with Gasteiger partial charge in [0, 0.05) is 25.4 Å². The van der Waals surface area contributed by atoms with E-state index < -0.39 is 0 Å². The quantitative estimate of drug-likeness (QED) is 0.838. The van der Waals surface area contributed by atoms with Crippen molar-refractivity contribution in [1.82, 2.24) is 14.8 Å². The Morgan fingerprint density at radius 3 is 2.94 bits per heavy atom. The van der Waals surface area contributed by atoms with Gasteiger partial charge in [0.15, 0.2) is 5.82 Å². The van der Waals surface area contributed by atoms with Crippen LogP contribution in [0.15, 0.2) is 30.3 Å². The second-order valence-electron chi connectivity index (χ2n) is 4.58. The number of rotatable bonds is 2. The maximum absolute atomic E-state index is 5.93. The summed E-state index contributed by atoms with van der Waals surface area (Å²) in [7, 11) is 0. The molecule has 1 unspecified atom stereocenters. The molecule has 1 aliphatic rings. The third-order valence-electron chi connectivity index (χ3n) is 3.15. The Kier molecular flexibility index (Phi) is 2.65. The number of benzene rings is 1. The highest BCUT2D eigenvalue weighted by Crippen LogP contribution is 2.13. The standard InChI is InChI=1S/C13H16N4/c14-11-6-7-17-13(9-11)15-12(16-17)8-10-4-2-1-3-5-10/h1-5,11H,6-9,14H2. The average molecular weight is 228 g/mol. The number of nitrogens with zero attached hydrogens (tertiary/aromatic N) is 3. The van der Waals surface area contributed by atoms with Crippen LogP contribution in [0, 0.1) is 0 Å². The van der Waals surface area contributed by atoms with Crippen LogP contribution in [0.2, 0.25) is 0 Å². The molecule has 4 nitrogen and oxygen atoms in total. The van der Waals surface area contributed by atoms with E-state index in [-0.39, 0.29) is 6.04 Å². The predicted octanol–water partition coefficient (Wildman–Crippen LogP) is 1.14. The lowest BCUT2D eigenvalue weighted by Gasteiger charge is -2.17. The lowest BCUT2D eigenvalue weighted by molar-refractivity contribution is 0.432. The van der Waals surface area contributed by atoms with Crippen molar-refractivity contribution in [3.8, 4) is 0 Å². The fourth-order valence-corrected chi connectivity index (χ4v) is 2.23. The Labute approximate surface area is 100 Å². The fraction of sp³-hybridized carbons (Fsp3) is 0.385. The van der Waals surface area contributed by atoms with E-state index in [0.29, 0.717) is 0 Å². The molecular weight excluding hydrogens is 212 g/mol. The van der Waals surface area contributed by atoms with E-state index in [1.54, 1.807) is 0 Å². The number of aromatic nitrogens is 3. The molecule has 0 amide bonds. The Bertz CT molecular complexity index is 503. The molecule has 2 N–H and O–H groups in total. The SMILES string of the molecule is NC1CCn2nc(Cc3ccccc3)nc2C1. The molecule has 1 aliphatic heterocycles. The van der Waals surface area contributed by atoms with Gasteiger partial charge >= 0.3 is 0 Å². The minimum atomic E-state index is 0.247. The molecule has 1 aromatic heterocycles. The van der Waals surface area contributed by atoms with E-state index in [9.17, 15) is 0 Å². The molecule has 17 heavy (non-hydrogen) atoms. The summed E-state index contributed by atoms with van der Waals surface area (Å²) in [5.41, 5.74) is 7.18. The molecule has 0 saturated heterocycles. The zero-order valence-electron chi connectivity index (χ0n) is 9.71. The first kappa shape index (κ1) is 10.5. The van der Waals surface area contributed by atoms with Crippen LogP contribution in [0.4, 0.5) is 0 Å². The minimum absolute atomic E-state index is 0.247. The van der Waals surface area contributed by atoms with Gasteiger partial charge in [0.05, 0.1) is 0 Å². The van der Waals surface area contributed by atoms with E-state index >= 15 is 0 Å². The summed E-state index contributed by atoms with van der Waals surface area (Å²) in [5, 5.41) is 4.53. The Morgan fingerprint density at radius 2 is 2.12 bits per heavy atom. The number of hydrogen-bond acceptors (Lipinski definition) is 3. The number of aryl methyl sites for hydroxylation is 1. The largest absolute Gasteiger partial charge is 0.327 e. The Hall–Kier alpha value is -1.68. The summed E-state index contributed by atoms with van der Waals surface area (Å²) in [6, 6.07) is 10.6. The maximum atomic E-state index is 5.93. The van der Waals surface area contributed by atoms with E-state index in [1.807, 2.05) is 22.9 Å². The van der Waals surface area contributed by atoms with Crippen LogP contribution in [-0.2, 0) is 19.4 Å². The van der Waals surface area contributed by atoms with Crippen molar-refractivity contribution in [3.63, 3.8) is 0 Å². The van der Waals surface area contributed by atoms with Gasteiger partial charge in [-0.25, -0.2) is 9.67 Å². The molecule has 0 fully saturated rings. The first-order valence-electron chi connectivity index (χ1n) is 6.03. The molecule has 2 heterocycles. The highest BCUT2D eigenvalue weighted by Gasteiger charge is 2.18. The van der Waals surface area contributed by atoms with Gasteiger partial charge in [-0.1, -0.05) is 30.3 Å². The van der Waals surface area contributed by atoms with Gasteiger partial charge in [-0.2, -0.15) is 5.10 Å². The topological polar surface area (TPSA) is 56.7 Å². The highest BCUT2D eigenvalue weighted by atomic mass is 15.4. The van der Waals surface area contributed by atoms with Gasteiger partial charge in [0.1, 0.15) is 5.82 Å². The van der Waals surface area contributed by atoms with Crippen molar-refractivity contribution in [3.05, 3.63) is 47.5 Å². The molecule has 88 valence electrons. The second-order valence-corrected chi connectivity index (χ2v) is 4.58. The molecule has 4 heteroatoms. The van der Waals surface area contributed by atoms with Crippen LogP contribution in [0.1, 0.15) is 23.6 Å². The Balaban J connectivity index is 1.81. The van der Waals surface area contributed by atoms with Gasteiger partial charge in [-0.3, -0.25) is 0 Å². The number of hydrogen-bond donors (Lipinski definition) is 1. The smallest absolute Gasteiger partial charge is 0.155 e. The van der Waals surface area contributed by atoms with Crippen molar-refractivity contribution >= 4 is 0 Å². The van der Waals surface area contributed by atoms with E-state index in [0.717, 1.165) is 37.5 Å². The lowest BCUT2D eigenvalue weighted by Crippen LogP contribution is -2.31. The van der Waals surface area contributed by atoms with Crippen LogP contribution in [0.3, 0.4) is 0 Å². The molecule has 1 aromatic carbocycles. The molecular formula is C13H16N4. The predicted molar refractivity (Wildman–Crippen MR) is 65.6 cm³/mol. The average Bonchev–Trinajstić information content (AvgIpc) is 2.71. The zero-order valence-corrected chi connectivity index (χ0v) is 9.71. The fourth-order valence-electron chi connectivity index (χ4n) is 2.23. The third-order valence-corrected chi connectivity index (χ3v) is 3.15. The summed E-state index contributed by atoms with van der Waals surface area (Å²) in [6.07, 6.45) is 2.65. The van der Waals surface area contributed by atoms with Crippen molar-refractivity contribution in [2.24, 2.45) is 5.73 Å². The van der Waals surface area contributed by atoms with Crippen LogP contribution in [0.5, 0.6) is 0 Å². The molecule has 1 atom stereocenters. The molecule has 0 saturated carbocycles. The Morgan fingerprint density at radius 1 is 1.29 bits per heavy atom. The van der Waals surface area contributed by atoms with Gasteiger partial charge in [-0.15, -0.1) is 0 Å². The van der Waals surface area contributed by atoms with E-state index in [1.165, 1.54) is 5.56 Å². The minimum Gasteiger partial charge on any atom is -0.327 e. The van der Waals surface area contributed by atoms with Crippen molar-refractivity contribution in [2.45, 2.75) is 31.8 Å². The van der Waals surface area contributed by atoms with Crippen molar-refractivity contribution in [1.29, 1.82) is 0 Å². The van der Waals surface area contributed by atoms with E-state index in [2.05, 4.69) is 22.2 Å². The second kappa shape index (κ2) is 4.30. The summed E-state index contributed by atoms with van der Waals surface area (Å²) in [4.78, 5) is 4.57. The molecule has 0 radical (unpaired) electrons. The molecule has 0 aliphatic carbocycles. The molecule has 0 bridgehead atoms. The maximum Gasteiger partial charge on any atom is 0.155 e. The van der Waals surface area contributed by atoms with E-state index in [4.69, 9.17) is 5.73 Å². The lowest BCUT2D eigenvalue weighted by atomic mass is 10.1. The van der Waals surface area contributed by atoms with Crippen molar-refractivity contribution in [2.75, 3.05) is 0 Å². The van der Waals surface area contributed by atoms with Gasteiger partial charge in [0.2, 0.25) is 0 Å². The third kappa shape index (κ3) is 2.22. The summed E-state index contributed by atoms with van der Waals surface area (Å²) in [6.45, 7) is 0.901. The van der Waals surface area contributed by atoms with Crippen LogP contribution in [0.25, 0.3) is 0 Å². The van der Waals surface area contributed by atoms with Crippen molar-refractivity contribution < 1.29 is 0 Å². The van der Waals surface area contributed by atoms with Crippen LogP contribution >= 0.6 is 0 Å².